The summed E-state index contributed by atoms with van der Waals surface area (Å²) in [7, 11) is 0. The highest BCUT2D eigenvalue weighted by Crippen LogP contribution is 2.31. The van der Waals surface area contributed by atoms with E-state index in [9.17, 15) is 9.59 Å². The van der Waals surface area contributed by atoms with Gasteiger partial charge in [-0.3, -0.25) is 9.59 Å². The molecule has 5 heteroatoms. The van der Waals surface area contributed by atoms with E-state index in [2.05, 4.69) is 41.8 Å². The minimum atomic E-state index is -0.351. The first-order valence-corrected chi connectivity index (χ1v) is 9.57. The van der Waals surface area contributed by atoms with Gasteiger partial charge in [0.05, 0.1) is 9.88 Å². The van der Waals surface area contributed by atoms with Gasteiger partial charge >= 0.3 is 0 Å². The molecule has 3 rings (SSSR count). The van der Waals surface area contributed by atoms with E-state index in [1.165, 1.54) is 18.3 Å². The molecule has 4 nitrogen and oxygen atoms in total. The van der Waals surface area contributed by atoms with Crippen LogP contribution in [0.5, 0.6) is 0 Å². The van der Waals surface area contributed by atoms with Gasteiger partial charge in [0, 0.05) is 18.9 Å². The zero-order valence-electron chi connectivity index (χ0n) is 15.4. The van der Waals surface area contributed by atoms with E-state index in [1.54, 1.807) is 12.1 Å². The first kappa shape index (κ1) is 18.9. The molecule has 0 radical (unpaired) electrons. The standard InChI is InChI=1S/C22H22N2O2S/c1-16(25)24-20-14-13-19(27-20)21(26)23-15-22(2,17-9-5-3-6-10-17)18-11-7-4-8-12-18/h3-14H,15H2,1-2H3,(H,23,26)(H,24,25). The van der Waals surface area contributed by atoms with Gasteiger partial charge in [0.1, 0.15) is 0 Å². The topological polar surface area (TPSA) is 58.2 Å². The van der Waals surface area contributed by atoms with E-state index in [0.29, 0.717) is 16.4 Å². The first-order chi connectivity index (χ1) is 13.0. The molecular weight excluding hydrogens is 356 g/mol. The summed E-state index contributed by atoms with van der Waals surface area (Å²) < 4.78 is 0. The van der Waals surface area contributed by atoms with Gasteiger partial charge in [-0.15, -0.1) is 11.3 Å². The third kappa shape index (κ3) is 4.44. The SMILES string of the molecule is CC(=O)Nc1ccc(C(=O)NCC(C)(c2ccccc2)c2ccccc2)s1. The zero-order valence-corrected chi connectivity index (χ0v) is 16.2. The molecule has 0 aliphatic rings. The molecule has 0 atom stereocenters. The number of amides is 2. The van der Waals surface area contributed by atoms with Crippen molar-refractivity contribution in [1.29, 1.82) is 0 Å². The molecular formula is C22H22N2O2S. The molecule has 2 amide bonds. The number of hydrogen-bond donors (Lipinski definition) is 2. The molecule has 1 aromatic heterocycles. The van der Waals surface area contributed by atoms with Crippen LogP contribution in [0.4, 0.5) is 5.00 Å². The van der Waals surface area contributed by atoms with Gasteiger partial charge in [-0.25, -0.2) is 0 Å². The third-order valence-corrected chi connectivity index (χ3v) is 5.55. The van der Waals surface area contributed by atoms with E-state index in [1.807, 2.05) is 36.4 Å². The molecule has 2 N–H and O–H groups in total. The maximum Gasteiger partial charge on any atom is 0.261 e. The maximum absolute atomic E-state index is 12.6. The predicted molar refractivity (Wildman–Crippen MR) is 110 cm³/mol. The summed E-state index contributed by atoms with van der Waals surface area (Å²) in [5.74, 6) is -0.292. The second kappa shape index (κ2) is 8.18. The van der Waals surface area contributed by atoms with Crippen LogP contribution in [-0.4, -0.2) is 18.4 Å². The van der Waals surface area contributed by atoms with Crippen molar-refractivity contribution in [2.24, 2.45) is 0 Å². The highest BCUT2D eigenvalue weighted by molar-refractivity contribution is 7.18. The lowest BCUT2D eigenvalue weighted by atomic mass is 9.76. The minimum absolute atomic E-state index is 0.144. The molecule has 1 heterocycles. The fourth-order valence-corrected chi connectivity index (χ4v) is 3.90. The molecule has 27 heavy (non-hydrogen) atoms. The third-order valence-electron chi connectivity index (χ3n) is 4.55. The van der Waals surface area contributed by atoms with Crippen molar-refractivity contribution in [2.45, 2.75) is 19.3 Å². The molecule has 138 valence electrons. The number of thiophene rings is 1. The summed E-state index contributed by atoms with van der Waals surface area (Å²) >= 11 is 1.27. The second-order valence-electron chi connectivity index (χ2n) is 6.59. The summed E-state index contributed by atoms with van der Waals surface area (Å²) in [6.45, 7) is 4.05. The van der Waals surface area contributed by atoms with Crippen molar-refractivity contribution < 1.29 is 9.59 Å². The largest absolute Gasteiger partial charge is 0.350 e. The average Bonchev–Trinajstić information content (AvgIpc) is 3.15. The lowest BCUT2D eigenvalue weighted by Gasteiger charge is -2.31. The van der Waals surface area contributed by atoms with Crippen LogP contribution >= 0.6 is 11.3 Å². The van der Waals surface area contributed by atoms with Crippen LogP contribution in [0.2, 0.25) is 0 Å². The Balaban J connectivity index is 1.80. The molecule has 0 bridgehead atoms. The van der Waals surface area contributed by atoms with Gasteiger partial charge in [-0.2, -0.15) is 0 Å². The zero-order chi connectivity index (χ0) is 19.3. The summed E-state index contributed by atoms with van der Waals surface area (Å²) in [5.41, 5.74) is 1.93. The van der Waals surface area contributed by atoms with Gasteiger partial charge in [0.25, 0.3) is 5.91 Å². The fraction of sp³-hybridized carbons (Fsp3) is 0.182. The van der Waals surface area contributed by atoms with Gasteiger partial charge in [-0.05, 0) is 30.2 Å². The van der Waals surface area contributed by atoms with Crippen molar-refractivity contribution >= 4 is 28.2 Å². The van der Waals surface area contributed by atoms with Gasteiger partial charge < -0.3 is 10.6 Å². The average molecular weight is 378 g/mol. The number of anilines is 1. The molecule has 2 aromatic carbocycles. The van der Waals surface area contributed by atoms with Crippen LogP contribution in [0.15, 0.2) is 72.8 Å². The molecule has 0 saturated carbocycles. The summed E-state index contributed by atoms with van der Waals surface area (Å²) in [5, 5.41) is 6.43. The smallest absolute Gasteiger partial charge is 0.261 e. The van der Waals surface area contributed by atoms with E-state index >= 15 is 0 Å². The van der Waals surface area contributed by atoms with E-state index in [-0.39, 0.29) is 17.2 Å². The number of hydrogen-bond acceptors (Lipinski definition) is 3. The lowest BCUT2D eigenvalue weighted by Crippen LogP contribution is -2.39. The Morgan fingerprint density at radius 1 is 0.889 bits per heavy atom. The Morgan fingerprint density at radius 3 is 1.96 bits per heavy atom. The molecule has 0 spiro atoms. The fourth-order valence-electron chi connectivity index (χ4n) is 3.03. The van der Waals surface area contributed by atoms with E-state index in [0.717, 1.165) is 11.1 Å². The molecule has 0 fully saturated rings. The van der Waals surface area contributed by atoms with Crippen molar-refractivity contribution in [2.75, 3.05) is 11.9 Å². The maximum atomic E-state index is 12.6. The number of carbonyl (C=O) groups is 2. The lowest BCUT2D eigenvalue weighted by molar-refractivity contribution is -0.114. The number of carbonyl (C=O) groups excluding carboxylic acids is 2. The molecule has 0 unspecified atom stereocenters. The number of rotatable bonds is 6. The normalized spacial score (nSPS) is 11.0. The van der Waals surface area contributed by atoms with E-state index < -0.39 is 0 Å². The Morgan fingerprint density at radius 2 is 1.44 bits per heavy atom. The van der Waals surface area contributed by atoms with Crippen LogP contribution in [0.1, 0.15) is 34.6 Å². The van der Waals surface area contributed by atoms with Crippen LogP contribution in [0.25, 0.3) is 0 Å². The minimum Gasteiger partial charge on any atom is -0.350 e. The summed E-state index contributed by atoms with van der Waals surface area (Å²) in [6.07, 6.45) is 0. The van der Waals surface area contributed by atoms with E-state index in [4.69, 9.17) is 0 Å². The van der Waals surface area contributed by atoms with Gasteiger partial charge in [0.15, 0.2) is 0 Å². The Hall–Kier alpha value is -2.92. The molecule has 0 saturated heterocycles. The Kier molecular flexibility index (Phi) is 5.72. The Bertz CT molecular complexity index is 880. The molecule has 0 aliphatic carbocycles. The van der Waals surface area contributed by atoms with Crippen molar-refractivity contribution in [1.82, 2.24) is 5.32 Å². The van der Waals surface area contributed by atoms with Crippen LogP contribution in [0.3, 0.4) is 0 Å². The highest BCUT2D eigenvalue weighted by Gasteiger charge is 2.29. The summed E-state index contributed by atoms with van der Waals surface area (Å²) in [4.78, 5) is 24.4. The predicted octanol–water partition coefficient (Wildman–Crippen LogP) is 4.44. The van der Waals surface area contributed by atoms with Gasteiger partial charge in [0.2, 0.25) is 5.91 Å². The van der Waals surface area contributed by atoms with Crippen LogP contribution in [0, 0.1) is 0 Å². The van der Waals surface area contributed by atoms with Crippen molar-refractivity contribution in [3.05, 3.63) is 88.8 Å². The summed E-state index contributed by atoms with van der Waals surface area (Å²) in [6, 6.07) is 23.8. The molecule has 0 aliphatic heterocycles. The number of benzene rings is 2. The highest BCUT2D eigenvalue weighted by atomic mass is 32.1. The second-order valence-corrected chi connectivity index (χ2v) is 7.68. The Labute approximate surface area is 163 Å². The first-order valence-electron chi connectivity index (χ1n) is 8.76. The quantitative estimate of drug-likeness (QED) is 0.666. The van der Waals surface area contributed by atoms with Crippen LogP contribution in [-0.2, 0) is 10.2 Å². The van der Waals surface area contributed by atoms with Crippen molar-refractivity contribution in [3.8, 4) is 0 Å². The van der Waals surface area contributed by atoms with Gasteiger partial charge in [-0.1, -0.05) is 60.7 Å². The number of nitrogens with one attached hydrogen (secondary N) is 2. The van der Waals surface area contributed by atoms with Crippen LogP contribution < -0.4 is 10.6 Å². The monoisotopic (exact) mass is 378 g/mol. The van der Waals surface area contributed by atoms with Crippen molar-refractivity contribution in [3.63, 3.8) is 0 Å². The molecule has 3 aromatic rings.